The SMILES string of the molecule is O=C(CN1CCN(c2ccc(F)c(F)c2)C1=O)Nc1cccc2ncccc12. The average molecular weight is 382 g/mol. The van der Waals surface area contributed by atoms with E-state index in [1.54, 1.807) is 24.4 Å². The van der Waals surface area contributed by atoms with Gasteiger partial charge in [-0.15, -0.1) is 0 Å². The second-order valence-electron chi connectivity index (χ2n) is 6.38. The maximum atomic E-state index is 13.4. The zero-order valence-corrected chi connectivity index (χ0v) is 14.7. The topological polar surface area (TPSA) is 65.5 Å². The zero-order valence-electron chi connectivity index (χ0n) is 14.7. The predicted molar refractivity (Wildman–Crippen MR) is 101 cm³/mol. The number of urea groups is 1. The number of carbonyl (C=O) groups excluding carboxylic acids is 2. The summed E-state index contributed by atoms with van der Waals surface area (Å²) in [6.45, 7) is 0.452. The van der Waals surface area contributed by atoms with Crippen LogP contribution in [0.5, 0.6) is 0 Å². The first-order valence-electron chi connectivity index (χ1n) is 8.68. The lowest BCUT2D eigenvalue weighted by Gasteiger charge is -2.18. The average Bonchev–Trinajstić information content (AvgIpc) is 3.04. The van der Waals surface area contributed by atoms with E-state index < -0.39 is 17.7 Å². The summed E-state index contributed by atoms with van der Waals surface area (Å²) in [5.74, 6) is -2.35. The van der Waals surface area contributed by atoms with Crippen LogP contribution in [0.4, 0.5) is 25.0 Å². The molecule has 2 aromatic carbocycles. The quantitative estimate of drug-likeness (QED) is 0.752. The van der Waals surface area contributed by atoms with Crippen molar-refractivity contribution in [2.75, 3.05) is 29.9 Å². The van der Waals surface area contributed by atoms with E-state index in [2.05, 4.69) is 10.3 Å². The molecule has 0 bridgehead atoms. The van der Waals surface area contributed by atoms with Crippen molar-refractivity contribution in [3.63, 3.8) is 0 Å². The van der Waals surface area contributed by atoms with E-state index in [1.165, 1.54) is 15.9 Å². The standard InChI is InChI=1S/C20H16F2N4O2/c21-15-7-6-13(11-16(15)22)26-10-9-25(20(26)28)12-19(27)24-18-5-1-4-17-14(18)3-2-8-23-17/h1-8,11H,9-10,12H2,(H,24,27). The minimum absolute atomic E-state index is 0.143. The molecule has 8 heteroatoms. The molecule has 1 N–H and O–H groups in total. The molecule has 1 aromatic heterocycles. The Kier molecular flexibility index (Phi) is 4.60. The Morgan fingerprint density at radius 2 is 1.93 bits per heavy atom. The van der Waals surface area contributed by atoms with Gasteiger partial charge in [-0.1, -0.05) is 6.07 Å². The van der Waals surface area contributed by atoms with Gasteiger partial charge in [-0.2, -0.15) is 0 Å². The molecule has 2 heterocycles. The normalized spacial score (nSPS) is 14.0. The van der Waals surface area contributed by atoms with Crippen LogP contribution in [-0.2, 0) is 4.79 Å². The number of nitrogens with one attached hydrogen (secondary N) is 1. The largest absolute Gasteiger partial charge is 0.325 e. The van der Waals surface area contributed by atoms with Gasteiger partial charge in [0.05, 0.1) is 11.2 Å². The Hall–Kier alpha value is -3.55. The van der Waals surface area contributed by atoms with Crippen LogP contribution in [0.15, 0.2) is 54.7 Å². The summed E-state index contributed by atoms with van der Waals surface area (Å²) in [6, 6.07) is 11.9. The molecule has 1 aliphatic heterocycles. The highest BCUT2D eigenvalue weighted by Crippen LogP contribution is 2.24. The van der Waals surface area contributed by atoms with Gasteiger partial charge in [0.25, 0.3) is 0 Å². The third-order valence-corrected chi connectivity index (χ3v) is 4.56. The number of amides is 3. The van der Waals surface area contributed by atoms with Crippen molar-refractivity contribution in [1.82, 2.24) is 9.88 Å². The van der Waals surface area contributed by atoms with Crippen molar-refractivity contribution in [3.8, 4) is 0 Å². The molecule has 1 aliphatic rings. The lowest BCUT2D eigenvalue weighted by molar-refractivity contribution is -0.116. The minimum Gasteiger partial charge on any atom is -0.324 e. The summed E-state index contributed by atoms with van der Waals surface area (Å²) >= 11 is 0. The molecule has 0 unspecified atom stereocenters. The summed E-state index contributed by atoms with van der Waals surface area (Å²) in [5, 5.41) is 3.60. The fraction of sp³-hybridized carbons (Fsp3) is 0.150. The van der Waals surface area contributed by atoms with E-state index in [1.807, 2.05) is 12.1 Å². The van der Waals surface area contributed by atoms with Gasteiger partial charge in [0.15, 0.2) is 11.6 Å². The van der Waals surface area contributed by atoms with E-state index >= 15 is 0 Å². The predicted octanol–water partition coefficient (Wildman–Crippen LogP) is 3.39. The fourth-order valence-corrected chi connectivity index (χ4v) is 3.20. The Labute approximate surface area is 159 Å². The fourth-order valence-electron chi connectivity index (χ4n) is 3.20. The second-order valence-corrected chi connectivity index (χ2v) is 6.38. The molecule has 3 amide bonds. The first-order chi connectivity index (χ1) is 13.5. The lowest BCUT2D eigenvalue weighted by atomic mass is 10.2. The van der Waals surface area contributed by atoms with Crippen molar-refractivity contribution in [2.24, 2.45) is 0 Å². The maximum absolute atomic E-state index is 13.4. The molecule has 0 aliphatic carbocycles. The highest BCUT2D eigenvalue weighted by atomic mass is 19.2. The Morgan fingerprint density at radius 3 is 2.75 bits per heavy atom. The smallest absolute Gasteiger partial charge is 0.324 e. The summed E-state index contributed by atoms with van der Waals surface area (Å²) in [4.78, 5) is 31.9. The van der Waals surface area contributed by atoms with Gasteiger partial charge >= 0.3 is 6.03 Å². The Bertz CT molecular complexity index is 1070. The van der Waals surface area contributed by atoms with E-state index in [0.717, 1.165) is 23.0 Å². The molecule has 0 spiro atoms. The number of aromatic nitrogens is 1. The zero-order chi connectivity index (χ0) is 19.7. The van der Waals surface area contributed by atoms with E-state index in [0.29, 0.717) is 12.2 Å². The van der Waals surface area contributed by atoms with Crippen LogP contribution in [0.25, 0.3) is 10.9 Å². The van der Waals surface area contributed by atoms with Crippen molar-refractivity contribution in [2.45, 2.75) is 0 Å². The molecule has 1 saturated heterocycles. The van der Waals surface area contributed by atoms with Gasteiger partial charge in [0.2, 0.25) is 5.91 Å². The molecular formula is C20H16F2N4O2. The van der Waals surface area contributed by atoms with Crippen molar-refractivity contribution in [1.29, 1.82) is 0 Å². The van der Waals surface area contributed by atoms with Gasteiger partial charge in [0.1, 0.15) is 6.54 Å². The van der Waals surface area contributed by atoms with Crippen LogP contribution in [0.3, 0.4) is 0 Å². The van der Waals surface area contributed by atoms with Gasteiger partial charge in [0, 0.05) is 36.4 Å². The lowest BCUT2D eigenvalue weighted by Crippen LogP contribution is -2.37. The molecule has 0 saturated carbocycles. The van der Waals surface area contributed by atoms with Crippen LogP contribution in [0.1, 0.15) is 0 Å². The Morgan fingerprint density at radius 1 is 1.07 bits per heavy atom. The number of fused-ring (bicyclic) bond motifs is 1. The van der Waals surface area contributed by atoms with Crippen LogP contribution >= 0.6 is 0 Å². The molecule has 0 atom stereocenters. The number of anilines is 2. The maximum Gasteiger partial charge on any atom is 0.325 e. The highest BCUT2D eigenvalue weighted by Gasteiger charge is 2.31. The number of hydrogen-bond donors (Lipinski definition) is 1. The van der Waals surface area contributed by atoms with Crippen molar-refractivity contribution < 1.29 is 18.4 Å². The first-order valence-corrected chi connectivity index (χ1v) is 8.68. The molecule has 142 valence electrons. The number of hydrogen-bond acceptors (Lipinski definition) is 3. The molecule has 28 heavy (non-hydrogen) atoms. The first kappa shape index (κ1) is 17.8. The van der Waals surface area contributed by atoms with Crippen molar-refractivity contribution in [3.05, 3.63) is 66.4 Å². The second kappa shape index (κ2) is 7.22. The molecule has 0 radical (unpaired) electrons. The van der Waals surface area contributed by atoms with Crippen LogP contribution in [0.2, 0.25) is 0 Å². The third-order valence-electron chi connectivity index (χ3n) is 4.56. The van der Waals surface area contributed by atoms with Crippen LogP contribution in [-0.4, -0.2) is 41.5 Å². The number of carbonyl (C=O) groups is 2. The molecule has 1 fully saturated rings. The van der Waals surface area contributed by atoms with Gasteiger partial charge in [-0.3, -0.25) is 14.7 Å². The number of pyridine rings is 1. The van der Waals surface area contributed by atoms with Crippen LogP contribution in [0, 0.1) is 11.6 Å². The number of rotatable bonds is 4. The summed E-state index contributed by atoms with van der Waals surface area (Å²) in [6.07, 6.45) is 1.67. The summed E-state index contributed by atoms with van der Waals surface area (Å²) in [5.41, 5.74) is 1.62. The molecule has 3 aromatic rings. The summed E-state index contributed by atoms with van der Waals surface area (Å²) in [7, 11) is 0. The number of benzene rings is 2. The third kappa shape index (κ3) is 3.36. The van der Waals surface area contributed by atoms with E-state index in [-0.39, 0.29) is 24.7 Å². The molecular weight excluding hydrogens is 366 g/mol. The highest BCUT2D eigenvalue weighted by molar-refractivity contribution is 6.03. The summed E-state index contributed by atoms with van der Waals surface area (Å²) < 4.78 is 26.5. The number of halogens is 2. The van der Waals surface area contributed by atoms with Gasteiger partial charge in [-0.25, -0.2) is 13.6 Å². The van der Waals surface area contributed by atoms with Crippen LogP contribution < -0.4 is 10.2 Å². The van der Waals surface area contributed by atoms with E-state index in [9.17, 15) is 18.4 Å². The van der Waals surface area contributed by atoms with Gasteiger partial charge < -0.3 is 10.2 Å². The molecule has 4 rings (SSSR count). The molecule has 6 nitrogen and oxygen atoms in total. The minimum atomic E-state index is -1.02. The van der Waals surface area contributed by atoms with Gasteiger partial charge in [-0.05, 0) is 36.4 Å². The monoisotopic (exact) mass is 382 g/mol. The number of nitrogens with zero attached hydrogens (tertiary/aromatic N) is 3. The van der Waals surface area contributed by atoms with Crippen molar-refractivity contribution >= 4 is 34.2 Å². The van der Waals surface area contributed by atoms with E-state index in [4.69, 9.17) is 0 Å². The Balaban J connectivity index is 1.45.